The average molecular weight is 719 g/mol. The Hall–Kier alpha value is -2.29. The molecule has 0 aromatic heterocycles. The van der Waals surface area contributed by atoms with E-state index < -0.39 is 39.9 Å². The smallest absolute Gasteiger partial charge is 0.870 e. The summed E-state index contributed by atoms with van der Waals surface area (Å²) >= 11 is 16.7. The van der Waals surface area contributed by atoms with Crippen molar-refractivity contribution in [2.45, 2.75) is 9.79 Å². The fourth-order valence-corrected chi connectivity index (χ4v) is 6.54. The molecule has 4 rings (SSSR count). The number of rotatable bonds is 4. The van der Waals surface area contributed by atoms with Crippen molar-refractivity contribution >= 4 is 59.5 Å². The van der Waals surface area contributed by atoms with Gasteiger partial charge in [0.25, 0.3) is 0 Å². The number of hydrogen-bond acceptors (Lipinski definition) is 2. The Morgan fingerprint density at radius 3 is 1.39 bits per heavy atom. The summed E-state index contributed by atoms with van der Waals surface area (Å²) in [4.78, 5) is -2.80. The van der Waals surface area contributed by atoms with Crippen molar-refractivity contribution in [1.29, 1.82) is 0 Å². The van der Waals surface area contributed by atoms with E-state index in [2.05, 4.69) is 0 Å². The van der Waals surface area contributed by atoms with E-state index in [4.69, 9.17) is 34.8 Å². The minimum Gasteiger partial charge on any atom is -0.870 e. The van der Waals surface area contributed by atoms with Gasteiger partial charge in [0.2, 0.25) is 19.7 Å². The Morgan fingerprint density at radius 1 is 0.568 bits per heavy atom. The molecule has 4 aromatic rings. The third-order valence-corrected chi connectivity index (χ3v) is 9.82. The first-order valence-corrected chi connectivity index (χ1v) is 16.5. The SMILES string of the molecule is FS(F)(F)(F)(/C=C(/Cl)c1ccccc1)c1ccc(Cl)cc1.FS(F)(F)(F)(C#Cc1ccccc1)c1ccc(Cl)cc1.[Li+].[OH-].[OH-]. The molecule has 0 unspecified atom stereocenters. The minimum atomic E-state index is -8.63. The van der Waals surface area contributed by atoms with E-state index >= 15 is 0 Å². The van der Waals surface area contributed by atoms with Crippen LogP contribution >= 0.6 is 54.5 Å². The van der Waals surface area contributed by atoms with Crippen molar-refractivity contribution in [3.63, 3.8) is 0 Å². The molecule has 0 aliphatic rings. The second kappa shape index (κ2) is 13.2. The standard InChI is InChI=1S/C14H10Cl2F4S.C14H9ClF4S.Li.2H2O/c15-12-6-8-13(9-7-12)21(17,18,19,20)10-14(16)11-4-2-1-3-5-11;15-13-6-8-14(9-7-13)20(16,17,18,19)11-10-12-4-2-1-3-5-12;;;/h1-10H;1-9H;;2*1H2/q;;+1;;/p-2/b14-10+;;;;. The van der Waals surface area contributed by atoms with Crippen LogP contribution in [-0.2, 0) is 0 Å². The molecular weight excluding hydrogens is 698 g/mol. The molecular formula is C28H21Cl3F8LiO2S2-. The molecule has 0 amide bonds. The fourth-order valence-electron chi connectivity index (χ4n) is 3.11. The molecule has 4 aromatic carbocycles. The third kappa shape index (κ3) is 11.3. The Bertz CT molecular complexity index is 1660. The third-order valence-electron chi connectivity index (χ3n) is 5.16. The zero-order chi connectivity index (χ0) is 30.7. The van der Waals surface area contributed by atoms with Crippen molar-refractivity contribution in [3.05, 3.63) is 136 Å². The van der Waals surface area contributed by atoms with Gasteiger partial charge in [-0.2, -0.15) is 0 Å². The normalized spacial score (nSPS) is 14.4. The average Bonchev–Trinajstić information content (AvgIpc) is 2.88. The molecule has 44 heavy (non-hydrogen) atoms. The van der Waals surface area contributed by atoms with Crippen LogP contribution in [-0.4, -0.2) is 11.0 Å². The van der Waals surface area contributed by atoms with Crippen LogP contribution in [0.25, 0.3) is 5.03 Å². The van der Waals surface area contributed by atoms with Gasteiger partial charge >= 0.3 is 18.9 Å². The van der Waals surface area contributed by atoms with Crippen LogP contribution in [0.4, 0.5) is 31.1 Å². The molecule has 0 spiro atoms. The monoisotopic (exact) mass is 717 g/mol. The van der Waals surface area contributed by atoms with Gasteiger partial charge in [-0.15, -0.1) is 31.1 Å². The van der Waals surface area contributed by atoms with Gasteiger partial charge in [0.1, 0.15) is 0 Å². The van der Waals surface area contributed by atoms with E-state index in [0.29, 0.717) is 24.3 Å². The zero-order valence-corrected chi connectivity index (χ0v) is 26.2. The maximum absolute atomic E-state index is 14.2. The summed E-state index contributed by atoms with van der Waals surface area (Å²) in [6.07, 6.45) is 0. The van der Waals surface area contributed by atoms with E-state index in [0.717, 1.165) is 29.5 Å². The molecule has 0 bridgehead atoms. The molecule has 0 atom stereocenters. The first kappa shape index (κ1) is 41.7. The molecule has 2 N–H and O–H groups in total. The van der Waals surface area contributed by atoms with E-state index in [1.165, 1.54) is 48.5 Å². The van der Waals surface area contributed by atoms with Gasteiger partial charge in [0, 0.05) is 20.9 Å². The van der Waals surface area contributed by atoms with E-state index in [1.54, 1.807) is 12.1 Å². The van der Waals surface area contributed by atoms with E-state index in [9.17, 15) is 31.1 Å². The second-order valence-electron chi connectivity index (χ2n) is 8.53. The summed E-state index contributed by atoms with van der Waals surface area (Å²) in [5.74, 6) is 1.85. The predicted octanol–water partition coefficient (Wildman–Crippen LogP) is 10.1. The topological polar surface area (TPSA) is 60.0 Å². The number of halogens is 11. The Balaban J connectivity index is 0.000000788. The summed E-state index contributed by atoms with van der Waals surface area (Å²) in [6, 6.07) is 21.2. The van der Waals surface area contributed by atoms with Crippen LogP contribution in [0.1, 0.15) is 11.1 Å². The molecule has 16 heteroatoms. The maximum atomic E-state index is 14.2. The van der Waals surface area contributed by atoms with Crippen LogP contribution in [0.3, 0.4) is 0 Å². The number of hydrogen-bond donors (Lipinski definition) is 0. The maximum Gasteiger partial charge on any atom is 1.00 e. The quantitative estimate of drug-likeness (QED) is 0.120. The second-order valence-corrected chi connectivity index (χ2v) is 15.6. The summed E-state index contributed by atoms with van der Waals surface area (Å²) in [5.41, 5.74) is 0.181. The van der Waals surface area contributed by atoms with E-state index in [-0.39, 0.29) is 51.0 Å². The summed E-state index contributed by atoms with van der Waals surface area (Å²) in [7, 11) is -17.3. The molecule has 2 nitrogen and oxygen atoms in total. The molecule has 236 valence electrons. The Labute approximate surface area is 275 Å². The molecule has 0 aliphatic carbocycles. The Kier molecular flexibility index (Phi) is 12.5. The minimum absolute atomic E-state index is 0. The molecule has 0 radical (unpaired) electrons. The van der Waals surface area contributed by atoms with Gasteiger partial charge in [-0.05, 0) is 72.1 Å². The predicted molar refractivity (Wildman–Crippen MR) is 161 cm³/mol. The zero-order valence-electron chi connectivity index (χ0n) is 22.3. The van der Waals surface area contributed by atoms with Gasteiger partial charge in [0.15, 0.2) is 0 Å². The van der Waals surface area contributed by atoms with Gasteiger partial charge in [0.05, 0.1) is 20.2 Å². The fraction of sp³-hybridized carbons (Fsp3) is 0. The van der Waals surface area contributed by atoms with Crippen LogP contribution in [0.15, 0.2) is 124 Å². The first-order valence-electron chi connectivity index (χ1n) is 11.2. The van der Waals surface area contributed by atoms with Crippen molar-refractivity contribution in [2.75, 3.05) is 0 Å². The Morgan fingerprint density at radius 2 is 0.955 bits per heavy atom. The van der Waals surface area contributed by atoms with Crippen LogP contribution < -0.4 is 18.9 Å². The molecule has 0 heterocycles. The largest absolute Gasteiger partial charge is 1.00 e. The van der Waals surface area contributed by atoms with Crippen LogP contribution in [0.2, 0.25) is 10.0 Å². The van der Waals surface area contributed by atoms with Gasteiger partial charge in [-0.1, -0.05) is 83.3 Å². The van der Waals surface area contributed by atoms with Crippen molar-refractivity contribution in [2.24, 2.45) is 0 Å². The van der Waals surface area contributed by atoms with Crippen LogP contribution in [0, 0.1) is 11.2 Å². The van der Waals surface area contributed by atoms with Crippen molar-refractivity contribution in [3.8, 4) is 11.2 Å². The molecule has 0 saturated heterocycles. The summed E-state index contributed by atoms with van der Waals surface area (Å²) < 4.78 is 112. The van der Waals surface area contributed by atoms with Crippen molar-refractivity contribution < 1.29 is 60.9 Å². The number of benzene rings is 4. The summed E-state index contributed by atoms with van der Waals surface area (Å²) in [5, 5.41) is -0.0308. The first-order chi connectivity index (χ1) is 18.6. The summed E-state index contributed by atoms with van der Waals surface area (Å²) in [6.45, 7) is 0. The van der Waals surface area contributed by atoms with Gasteiger partial charge in [-0.3, -0.25) is 0 Å². The van der Waals surface area contributed by atoms with Gasteiger partial charge < -0.3 is 11.0 Å². The molecule has 0 aliphatic heterocycles. The molecule has 0 saturated carbocycles. The molecule has 0 fully saturated rings. The van der Waals surface area contributed by atoms with Crippen molar-refractivity contribution in [1.82, 2.24) is 0 Å². The van der Waals surface area contributed by atoms with Gasteiger partial charge in [-0.25, -0.2) is 0 Å². The van der Waals surface area contributed by atoms with Crippen LogP contribution in [0.5, 0.6) is 0 Å². The van der Waals surface area contributed by atoms with E-state index in [1.807, 2.05) is 5.92 Å².